The van der Waals surface area contributed by atoms with E-state index in [2.05, 4.69) is 12.2 Å². The molecule has 0 saturated carbocycles. The number of carbonyl (C=O) groups is 2. The van der Waals surface area contributed by atoms with Gasteiger partial charge in [-0.15, -0.1) is 0 Å². The molecule has 0 atom stereocenters. The van der Waals surface area contributed by atoms with Crippen LogP contribution in [-0.2, 0) is 4.79 Å². The second-order valence-electron chi connectivity index (χ2n) is 5.30. The molecule has 1 heterocycles. The fraction of sp³-hybridized carbons (Fsp3) is 0.857. The number of nitrogens with zero attached hydrogens (tertiary/aromatic N) is 1. The lowest BCUT2D eigenvalue weighted by Gasteiger charge is -2.31. The van der Waals surface area contributed by atoms with Crippen LogP contribution in [0.1, 0.15) is 51.9 Å². The van der Waals surface area contributed by atoms with Gasteiger partial charge in [-0.2, -0.15) is 0 Å². The summed E-state index contributed by atoms with van der Waals surface area (Å²) in [5, 5.41) is 11.6. The van der Waals surface area contributed by atoms with Gasteiger partial charge in [0.15, 0.2) is 0 Å². The van der Waals surface area contributed by atoms with E-state index in [0.717, 1.165) is 58.2 Å². The van der Waals surface area contributed by atoms with Crippen LogP contribution in [0.2, 0.25) is 0 Å². The summed E-state index contributed by atoms with van der Waals surface area (Å²) in [7, 11) is 0. The summed E-state index contributed by atoms with van der Waals surface area (Å²) in [4.78, 5) is 24.2. The number of carboxylic acids is 1. The Kier molecular flexibility index (Phi) is 7.30. The van der Waals surface area contributed by atoms with Crippen molar-refractivity contribution in [3.05, 3.63) is 0 Å². The van der Waals surface area contributed by atoms with Crippen LogP contribution in [0, 0.1) is 5.92 Å². The molecule has 0 spiro atoms. The molecule has 1 aliphatic rings. The number of piperidine rings is 1. The summed E-state index contributed by atoms with van der Waals surface area (Å²) in [5.74, 6) is -0.267. The molecule has 1 saturated heterocycles. The molecule has 0 aromatic heterocycles. The summed E-state index contributed by atoms with van der Waals surface area (Å²) in [6.07, 6.45) is 6.18. The van der Waals surface area contributed by atoms with E-state index in [1.165, 1.54) is 0 Å². The van der Waals surface area contributed by atoms with Gasteiger partial charge in [-0.3, -0.25) is 4.79 Å². The molecule has 0 radical (unpaired) electrons. The number of nitrogens with one attached hydrogen (secondary N) is 1. The maximum Gasteiger partial charge on any atom is 0.317 e. The fourth-order valence-corrected chi connectivity index (χ4v) is 2.43. The minimum atomic E-state index is -0.726. The number of urea groups is 1. The van der Waals surface area contributed by atoms with Crippen LogP contribution in [-0.4, -0.2) is 41.6 Å². The second kappa shape index (κ2) is 8.77. The molecule has 2 N–H and O–H groups in total. The fourth-order valence-electron chi connectivity index (χ4n) is 2.43. The molecule has 110 valence electrons. The summed E-state index contributed by atoms with van der Waals surface area (Å²) in [6, 6.07) is 0.0350. The monoisotopic (exact) mass is 270 g/mol. The van der Waals surface area contributed by atoms with Gasteiger partial charge in [-0.1, -0.05) is 19.8 Å². The van der Waals surface area contributed by atoms with Gasteiger partial charge in [-0.25, -0.2) is 4.79 Å². The first-order valence-electron chi connectivity index (χ1n) is 7.38. The van der Waals surface area contributed by atoms with E-state index in [-0.39, 0.29) is 12.5 Å². The first kappa shape index (κ1) is 15.8. The number of unbranched alkanes of at least 4 members (excludes halogenated alkanes) is 2. The summed E-state index contributed by atoms with van der Waals surface area (Å²) in [5.41, 5.74) is 0. The number of hydrogen-bond acceptors (Lipinski definition) is 2. The van der Waals surface area contributed by atoms with Crippen LogP contribution in [0.3, 0.4) is 0 Å². The molecule has 1 rings (SSSR count). The topological polar surface area (TPSA) is 69.6 Å². The van der Waals surface area contributed by atoms with Crippen molar-refractivity contribution in [2.75, 3.05) is 19.6 Å². The van der Waals surface area contributed by atoms with E-state index in [4.69, 9.17) is 5.11 Å². The molecule has 0 aromatic rings. The normalized spacial score (nSPS) is 16.4. The lowest BCUT2D eigenvalue weighted by Crippen LogP contribution is -2.44. The third kappa shape index (κ3) is 6.45. The highest BCUT2D eigenvalue weighted by Gasteiger charge is 2.22. The van der Waals surface area contributed by atoms with Crippen molar-refractivity contribution in [2.45, 2.75) is 51.9 Å². The predicted molar refractivity (Wildman–Crippen MR) is 74.1 cm³/mol. The van der Waals surface area contributed by atoms with E-state index in [1.54, 1.807) is 0 Å². The molecule has 2 amide bonds. The van der Waals surface area contributed by atoms with Gasteiger partial charge in [0.25, 0.3) is 0 Å². The number of carbonyl (C=O) groups excluding carboxylic acids is 1. The van der Waals surface area contributed by atoms with E-state index in [1.807, 2.05) is 4.90 Å². The number of rotatable bonds is 7. The van der Waals surface area contributed by atoms with Crippen molar-refractivity contribution in [3.8, 4) is 0 Å². The van der Waals surface area contributed by atoms with Gasteiger partial charge in [0, 0.05) is 26.1 Å². The standard InChI is InChI=1S/C14H26N2O3/c1-2-3-4-9-15-14(19)16-10-7-12(8-11-16)5-6-13(17)18/h12H,2-11H2,1H3,(H,15,19)(H,17,18). The summed E-state index contributed by atoms with van der Waals surface area (Å²) >= 11 is 0. The van der Waals surface area contributed by atoms with Crippen LogP contribution in [0.15, 0.2) is 0 Å². The van der Waals surface area contributed by atoms with Gasteiger partial charge in [0.1, 0.15) is 0 Å². The first-order valence-corrected chi connectivity index (χ1v) is 7.38. The zero-order valence-electron chi connectivity index (χ0n) is 11.9. The third-order valence-electron chi connectivity index (χ3n) is 3.72. The minimum Gasteiger partial charge on any atom is -0.481 e. The van der Waals surface area contributed by atoms with Crippen molar-refractivity contribution in [2.24, 2.45) is 5.92 Å². The largest absolute Gasteiger partial charge is 0.481 e. The van der Waals surface area contributed by atoms with Crippen molar-refractivity contribution >= 4 is 12.0 Å². The van der Waals surface area contributed by atoms with Crippen LogP contribution >= 0.6 is 0 Å². The van der Waals surface area contributed by atoms with Gasteiger partial charge >= 0.3 is 12.0 Å². The molecule has 0 unspecified atom stereocenters. The number of carboxylic acid groups (broad SMARTS) is 1. The smallest absolute Gasteiger partial charge is 0.317 e. The molecule has 1 aliphatic heterocycles. The van der Waals surface area contributed by atoms with Crippen LogP contribution in [0.25, 0.3) is 0 Å². The zero-order valence-corrected chi connectivity index (χ0v) is 11.9. The summed E-state index contributed by atoms with van der Waals surface area (Å²) in [6.45, 7) is 4.41. The third-order valence-corrected chi connectivity index (χ3v) is 3.72. The maximum atomic E-state index is 11.9. The van der Waals surface area contributed by atoms with Gasteiger partial charge in [-0.05, 0) is 31.6 Å². The van der Waals surface area contributed by atoms with Gasteiger partial charge in [0.05, 0.1) is 0 Å². The van der Waals surface area contributed by atoms with E-state index in [0.29, 0.717) is 5.92 Å². The molecule has 5 nitrogen and oxygen atoms in total. The highest BCUT2D eigenvalue weighted by molar-refractivity contribution is 5.74. The number of hydrogen-bond donors (Lipinski definition) is 2. The van der Waals surface area contributed by atoms with Gasteiger partial charge < -0.3 is 15.3 Å². The number of likely N-dealkylation sites (tertiary alicyclic amines) is 1. The first-order chi connectivity index (χ1) is 9.13. The molecule has 5 heteroatoms. The Morgan fingerprint density at radius 1 is 1.26 bits per heavy atom. The quantitative estimate of drug-likeness (QED) is 0.698. The van der Waals surface area contributed by atoms with Crippen LogP contribution in [0.5, 0.6) is 0 Å². The summed E-state index contributed by atoms with van der Waals surface area (Å²) < 4.78 is 0. The molecule has 1 fully saturated rings. The van der Waals surface area contributed by atoms with Crippen molar-refractivity contribution in [1.82, 2.24) is 10.2 Å². The Labute approximate surface area is 115 Å². The molecular formula is C14H26N2O3. The van der Waals surface area contributed by atoms with E-state index >= 15 is 0 Å². The van der Waals surface area contributed by atoms with E-state index in [9.17, 15) is 9.59 Å². The number of aliphatic carboxylic acids is 1. The van der Waals surface area contributed by atoms with Crippen molar-refractivity contribution < 1.29 is 14.7 Å². The zero-order chi connectivity index (χ0) is 14.1. The SMILES string of the molecule is CCCCCNC(=O)N1CCC(CCC(=O)O)CC1. The highest BCUT2D eigenvalue weighted by Crippen LogP contribution is 2.21. The van der Waals surface area contributed by atoms with E-state index < -0.39 is 5.97 Å². The molecular weight excluding hydrogens is 244 g/mol. The molecule has 19 heavy (non-hydrogen) atoms. The molecule has 0 bridgehead atoms. The minimum absolute atomic E-state index is 0.0350. The van der Waals surface area contributed by atoms with Crippen molar-refractivity contribution in [1.29, 1.82) is 0 Å². The highest BCUT2D eigenvalue weighted by atomic mass is 16.4. The average Bonchev–Trinajstić information content (AvgIpc) is 2.41. The molecule has 0 aromatic carbocycles. The Hall–Kier alpha value is -1.26. The predicted octanol–water partition coefficient (Wildman–Crippen LogP) is 2.46. The van der Waals surface area contributed by atoms with Crippen LogP contribution in [0.4, 0.5) is 4.79 Å². The Morgan fingerprint density at radius 3 is 2.53 bits per heavy atom. The van der Waals surface area contributed by atoms with Crippen molar-refractivity contribution in [3.63, 3.8) is 0 Å². The Bertz CT molecular complexity index is 286. The lowest BCUT2D eigenvalue weighted by molar-refractivity contribution is -0.137. The molecule has 0 aliphatic carbocycles. The second-order valence-corrected chi connectivity index (χ2v) is 5.30. The number of amides is 2. The Morgan fingerprint density at radius 2 is 1.95 bits per heavy atom. The average molecular weight is 270 g/mol. The lowest BCUT2D eigenvalue weighted by atomic mass is 9.92. The van der Waals surface area contributed by atoms with Gasteiger partial charge in [0.2, 0.25) is 0 Å². The Balaban J connectivity index is 2.14. The maximum absolute atomic E-state index is 11.9. The van der Waals surface area contributed by atoms with Crippen LogP contribution < -0.4 is 5.32 Å².